The molecule has 1 atom stereocenters. The van der Waals surface area contributed by atoms with Crippen molar-refractivity contribution in [2.24, 2.45) is 0 Å². The van der Waals surface area contributed by atoms with Crippen molar-refractivity contribution in [3.8, 4) is 0 Å². The second-order valence-corrected chi connectivity index (χ2v) is 8.83. The molecule has 0 amide bonds. The van der Waals surface area contributed by atoms with E-state index >= 15 is 0 Å². The number of nitrogens with one attached hydrogen (secondary N) is 1. The van der Waals surface area contributed by atoms with Gasteiger partial charge in [-0.25, -0.2) is 12.8 Å². The van der Waals surface area contributed by atoms with Crippen LogP contribution in [0.3, 0.4) is 0 Å². The third-order valence-corrected chi connectivity index (χ3v) is 5.56. The van der Waals surface area contributed by atoms with Crippen LogP contribution in [0.4, 0.5) is 10.1 Å². The Bertz CT molecular complexity index is 886. The Morgan fingerprint density at radius 1 is 1.26 bits per heavy atom. The van der Waals surface area contributed by atoms with Gasteiger partial charge in [-0.15, -0.1) is 0 Å². The summed E-state index contributed by atoms with van der Waals surface area (Å²) in [6, 6.07) is 11.6. The smallest absolute Gasteiger partial charge is 0.261 e. The Kier molecular flexibility index (Phi) is 7.43. The van der Waals surface area contributed by atoms with E-state index in [-0.39, 0.29) is 10.9 Å². The van der Waals surface area contributed by atoms with E-state index in [2.05, 4.69) is 4.72 Å². The van der Waals surface area contributed by atoms with E-state index in [1.165, 1.54) is 35.4 Å². The molecule has 2 rings (SSSR count). The number of aryl methyl sites for hydroxylation is 1. The first-order valence-corrected chi connectivity index (χ1v) is 10.4. The van der Waals surface area contributed by atoms with E-state index in [4.69, 9.17) is 12.2 Å². The summed E-state index contributed by atoms with van der Waals surface area (Å²) < 4.78 is 40.5. The molecule has 8 heteroatoms. The minimum atomic E-state index is -3.77. The van der Waals surface area contributed by atoms with Crippen molar-refractivity contribution in [3.05, 3.63) is 59.9 Å². The van der Waals surface area contributed by atoms with Gasteiger partial charge in [-0.1, -0.05) is 24.4 Å². The summed E-state index contributed by atoms with van der Waals surface area (Å²) in [6.45, 7) is 3.98. The lowest BCUT2D eigenvalue weighted by molar-refractivity contribution is -0.109. The zero-order valence-corrected chi connectivity index (χ0v) is 16.9. The minimum absolute atomic E-state index is 0.111. The quantitative estimate of drug-likeness (QED) is 0.483. The molecule has 0 aliphatic rings. The highest BCUT2D eigenvalue weighted by Gasteiger charge is 2.16. The number of hydrogen-bond donors (Lipinski definition) is 2. The number of nitrogens with zero attached hydrogens (tertiary/aromatic N) is 1. The van der Waals surface area contributed by atoms with Crippen molar-refractivity contribution >= 4 is 32.8 Å². The van der Waals surface area contributed by atoms with Crippen molar-refractivity contribution in [2.45, 2.75) is 37.6 Å². The van der Waals surface area contributed by atoms with Gasteiger partial charge in [0.05, 0.1) is 11.4 Å². The zero-order chi connectivity index (χ0) is 20.0. The van der Waals surface area contributed by atoms with Crippen molar-refractivity contribution in [2.75, 3.05) is 11.3 Å². The lowest BCUT2D eigenvalue weighted by atomic mass is 10.1. The van der Waals surface area contributed by atoms with Crippen LogP contribution in [0.1, 0.15) is 25.8 Å². The van der Waals surface area contributed by atoms with E-state index in [0.717, 1.165) is 5.56 Å². The van der Waals surface area contributed by atoms with Gasteiger partial charge in [0, 0.05) is 16.6 Å². The normalized spacial score (nSPS) is 12.8. The molecule has 2 N–H and O–H groups in total. The number of benzene rings is 2. The topological polar surface area (TPSA) is 69.6 Å². The van der Waals surface area contributed by atoms with Crippen molar-refractivity contribution in [1.82, 2.24) is 5.06 Å². The van der Waals surface area contributed by atoms with Crippen LogP contribution in [0.15, 0.2) is 53.4 Å². The Labute approximate surface area is 164 Å². The molecular weight excluding hydrogens is 387 g/mol. The third kappa shape index (κ3) is 6.66. The van der Waals surface area contributed by atoms with Crippen LogP contribution in [-0.4, -0.2) is 36.1 Å². The maximum absolute atomic E-state index is 13.0. The molecule has 0 spiro atoms. The van der Waals surface area contributed by atoms with Gasteiger partial charge in [0.2, 0.25) is 0 Å². The van der Waals surface area contributed by atoms with Gasteiger partial charge >= 0.3 is 0 Å². The molecule has 5 nitrogen and oxygen atoms in total. The van der Waals surface area contributed by atoms with Crippen LogP contribution in [0.2, 0.25) is 0 Å². The fraction of sp³-hybridized carbons (Fsp3) is 0.316. The first-order valence-electron chi connectivity index (χ1n) is 8.49. The molecule has 0 saturated carbocycles. The van der Waals surface area contributed by atoms with Crippen LogP contribution >= 0.6 is 12.2 Å². The maximum atomic E-state index is 13.0. The molecule has 0 fully saturated rings. The van der Waals surface area contributed by atoms with Gasteiger partial charge in [0.25, 0.3) is 10.0 Å². The zero-order valence-electron chi connectivity index (χ0n) is 15.2. The lowest BCUT2D eigenvalue weighted by Crippen LogP contribution is -2.33. The molecule has 0 aromatic heterocycles. The summed E-state index contributed by atoms with van der Waals surface area (Å²) in [6.07, 6.45) is 1.25. The van der Waals surface area contributed by atoms with E-state index in [0.29, 0.717) is 29.9 Å². The van der Waals surface area contributed by atoms with Gasteiger partial charge in [0.15, 0.2) is 0 Å². The van der Waals surface area contributed by atoms with Gasteiger partial charge in [0.1, 0.15) is 5.82 Å². The van der Waals surface area contributed by atoms with Crippen LogP contribution in [0.25, 0.3) is 0 Å². The number of rotatable bonds is 9. The van der Waals surface area contributed by atoms with E-state index < -0.39 is 15.8 Å². The van der Waals surface area contributed by atoms with E-state index in [1.807, 2.05) is 13.0 Å². The van der Waals surface area contributed by atoms with Crippen molar-refractivity contribution in [1.29, 1.82) is 0 Å². The first-order chi connectivity index (χ1) is 12.7. The largest absolute Gasteiger partial charge is 0.313 e. The minimum Gasteiger partial charge on any atom is -0.313 e. The highest BCUT2D eigenvalue weighted by molar-refractivity contribution is 7.92. The molecule has 0 heterocycles. The monoisotopic (exact) mass is 410 g/mol. The molecule has 0 bridgehead atoms. The average molecular weight is 411 g/mol. The molecule has 0 aliphatic carbocycles. The van der Waals surface area contributed by atoms with Crippen LogP contribution in [-0.2, 0) is 16.4 Å². The van der Waals surface area contributed by atoms with Crippen LogP contribution in [0, 0.1) is 5.82 Å². The van der Waals surface area contributed by atoms with Crippen LogP contribution in [0.5, 0.6) is 0 Å². The van der Waals surface area contributed by atoms with Gasteiger partial charge in [-0.05, 0) is 68.7 Å². The molecule has 0 aliphatic heterocycles. The number of anilines is 1. The van der Waals surface area contributed by atoms with Gasteiger partial charge in [-0.3, -0.25) is 4.72 Å². The molecule has 2 aromatic rings. The molecule has 1 unspecified atom stereocenters. The van der Waals surface area contributed by atoms with Crippen molar-refractivity contribution in [3.63, 3.8) is 0 Å². The lowest BCUT2D eigenvalue weighted by Gasteiger charge is -2.22. The highest BCUT2D eigenvalue weighted by atomic mass is 32.2. The van der Waals surface area contributed by atoms with E-state index in [1.54, 1.807) is 19.1 Å². The summed E-state index contributed by atoms with van der Waals surface area (Å²) in [5.41, 5.74) is 1.14. The fourth-order valence-corrected chi connectivity index (χ4v) is 3.77. The third-order valence-electron chi connectivity index (χ3n) is 4.05. The summed E-state index contributed by atoms with van der Waals surface area (Å²) in [7, 11) is -3.77. The second-order valence-electron chi connectivity index (χ2n) is 6.45. The highest BCUT2D eigenvalue weighted by Crippen LogP contribution is 2.19. The molecule has 2 aromatic carbocycles. The molecule has 0 radical (unpaired) electrons. The number of hydrogen-bond acceptors (Lipinski definition) is 5. The number of hydroxylamine groups is 2. The van der Waals surface area contributed by atoms with Crippen molar-refractivity contribution < 1.29 is 18.0 Å². The molecule has 146 valence electrons. The first kappa shape index (κ1) is 21.4. The van der Waals surface area contributed by atoms with E-state index in [9.17, 15) is 18.0 Å². The predicted molar refractivity (Wildman–Crippen MR) is 108 cm³/mol. The summed E-state index contributed by atoms with van der Waals surface area (Å²) in [5.74, 6) is -0.434. The Hall–Kier alpha value is -1.87. The summed E-state index contributed by atoms with van der Waals surface area (Å²) in [4.78, 5) is 0.830. The Morgan fingerprint density at radius 3 is 2.56 bits per heavy atom. The standard InChI is InChI=1S/C19H23FN2O3S2/c1-14(22(23)13-15(2)26)6-7-16-4-3-5-19(12-16)27(24,25)21-18-10-8-17(20)9-11-18/h3-5,8-12,14,21,23H,6-7,13H2,1-2H3. The molecule has 0 saturated heterocycles. The van der Waals surface area contributed by atoms with Gasteiger partial charge < -0.3 is 5.21 Å². The Morgan fingerprint density at radius 2 is 1.93 bits per heavy atom. The predicted octanol–water partition coefficient (Wildman–Crippen LogP) is 4.03. The molecule has 27 heavy (non-hydrogen) atoms. The second kappa shape index (κ2) is 9.36. The molecular formula is C19H23FN2O3S2. The Balaban J connectivity index is 2.05. The van der Waals surface area contributed by atoms with Crippen LogP contribution < -0.4 is 4.72 Å². The maximum Gasteiger partial charge on any atom is 0.261 e. The summed E-state index contributed by atoms with van der Waals surface area (Å²) >= 11 is 4.99. The summed E-state index contributed by atoms with van der Waals surface area (Å²) in [5, 5.41) is 11.1. The number of sulfonamides is 1. The number of thiocarbonyl (C=S) groups is 1. The fourth-order valence-electron chi connectivity index (χ4n) is 2.51. The average Bonchev–Trinajstić information content (AvgIpc) is 2.61. The number of halogens is 1. The van der Waals surface area contributed by atoms with Gasteiger partial charge in [-0.2, -0.15) is 5.06 Å². The SMILES string of the molecule is CC(=S)CN(O)C(C)CCc1cccc(S(=O)(=O)Nc2ccc(F)cc2)c1.